The zero-order valence-electron chi connectivity index (χ0n) is 9.71. The van der Waals surface area contributed by atoms with E-state index in [1.54, 1.807) is 24.2 Å². The quantitative estimate of drug-likeness (QED) is 0.863. The molecule has 1 aliphatic heterocycles. The summed E-state index contributed by atoms with van der Waals surface area (Å²) in [4.78, 5) is 17.8. The van der Waals surface area contributed by atoms with Crippen LogP contribution in [0, 0.1) is 0 Å². The van der Waals surface area contributed by atoms with Gasteiger partial charge in [0.2, 0.25) is 5.91 Å². The van der Waals surface area contributed by atoms with Crippen molar-refractivity contribution in [1.29, 1.82) is 0 Å². The molecule has 1 aromatic heterocycles. The van der Waals surface area contributed by atoms with Crippen LogP contribution in [0.2, 0.25) is 0 Å². The molecule has 17 heavy (non-hydrogen) atoms. The number of hydrogen-bond donors (Lipinski definition) is 1. The summed E-state index contributed by atoms with van der Waals surface area (Å²) in [5.41, 5.74) is 7.08. The molecule has 0 radical (unpaired) electrons. The van der Waals surface area contributed by atoms with E-state index in [9.17, 15) is 4.79 Å². The molecule has 1 aliphatic rings. The summed E-state index contributed by atoms with van der Waals surface area (Å²) in [6.45, 7) is 0.864. The summed E-state index contributed by atoms with van der Waals surface area (Å²) in [7, 11) is 0. The summed E-state index contributed by atoms with van der Waals surface area (Å²) in [5.74, 6) is 2.04. The van der Waals surface area contributed by atoms with E-state index in [0.29, 0.717) is 12.8 Å². The van der Waals surface area contributed by atoms with Gasteiger partial charge in [-0.15, -0.1) is 11.8 Å². The molecule has 0 aliphatic carbocycles. The number of nitrogens with two attached hydrogens (primary N) is 1. The third kappa shape index (κ3) is 3.71. The molecule has 1 fully saturated rings. The highest BCUT2D eigenvalue weighted by atomic mass is 32.2. The van der Waals surface area contributed by atoms with E-state index in [4.69, 9.17) is 5.73 Å². The van der Waals surface area contributed by atoms with Crippen LogP contribution in [0.1, 0.15) is 12.0 Å². The van der Waals surface area contributed by atoms with Gasteiger partial charge in [0.25, 0.3) is 0 Å². The topological polar surface area (TPSA) is 59.2 Å². The Morgan fingerprint density at radius 1 is 1.65 bits per heavy atom. The van der Waals surface area contributed by atoms with Crippen molar-refractivity contribution >= 4 is 17.7 Å². The van der Waals surface area contributed by atoms with Crippen LogP contribution in [0.25, 0.3) is 0 Å². The van der Waals surface area contributed by atoms with Crippen LogP contribution in [0.15, 0.2) is 24.5 Å². The summed E-state index contributed by atoms with van der Waals surface area (Å²) >= 11 is 1.80. The zero-order valence-corrected chi connectivity index (χ0v) is 10.5. The summed E-state index contributed by atoms with van der Waals surface area (Å²) in [6, 6.07) is 3.77. The molecule has 2 N–H and O–H groups in total. The summed E-state index contributed by atoms with van der Waals surface area (Å²) in [6.07, 6.45) is 4.67. The lowest BCUT2D eigenvalue weighted by atomic mass is 10.1. The fraction of sp³-hybridized carbons (Fsp3) is 0.500. The van der Waals surface area contributed by atoms with E-state index >= 15 is 0 Å². The first-order valence-corrected chi connectivity index (χ1v) is 6.91. The first-order valence-electron chi connectivity index (χ1n) is 5.75. The van der Waals surface area contributed by atoms with Gasteiger partial charge >= 0.3 is 0 Å². The maximum atomic E-state index is 11.9. The molecule has 2 rings (SSSR count). The molecule has 2 heterocycles. The maximum absolute atomic E-state index is 11.9. The lowest BCUT2D eigenvalue weighted by molar-refractivity contribution is -0.130. The Hall–Kier alpha value is -1.07. The molecule has 1 saturated heterocycles. The van der Waals surface area contributed by atoms with Crippen molar-refractivity contribution in [2.75, 3.05) is 18.2 Å². The Bertz CT molecular complexity index is 365. The second kappa shape index (κ2) is 6.02. The Morgan fingerprint density at radius 3 is 3.18 bits per heavy atom. The van der Waals surface area contributed by atoms with Gasteiger partial charge in [-0.05, 0) is 18.1 Å². The molecule has 0 aromatic carbocycles. The van der Waals surface area contributed by atoms with Crippen LogP contribution in [0.5, 0.6) is 0 Å². The highest BCUT2D eigenvalue weighted by Gasteiger charge is 2.20. The zero-order chi connectivity index (χ0) is 12.1. The molecule has 4 nitrogen and oxygen atoms in total. The number of rotatable bonds is 4. The molecular formula is C12H17N3OS. The SMILES string of the molecule is N[C@@H](CC(=O)N1CCSC1)Cc1cccnc1. The predicted octanol–water partition coefficient (Wildman–Crippen LogP) is 0.874. The second-order valence-corrected chi connectivity index (χ2v) is 5.30. The minimum absolute atomic E-state index is 0.114. The van der Waals surface area contributed by atoms with Crippen molar-refractivity contribution in [1.82, 2.24) is 9.88 Å². The number of thioether (sulfide) groups is 1. The minimum atomic E-state index is -0.114. The maximum Gasteiger partial charge on any atom is 0.224 e. The van der Waals surface area contributed by atoms with E-state index in [-0.39, 0.29) is 11.9 Å². The highest BCUT2D eigenvalue weighted by molar-refractivity contribution is 7.99. The van der Waals surface area contributed by atoms with Gasteiger partial charge in [-0.3, -0.25) is 9.78 Å². The van der Waals surface area contributed by atoms with Gasteiger partial charge in [-0.1, -0.05) is 6.07 Å². The van der Waals surface area contributed by atoms with Crippen molar-refractivity contribution in [3.05, 3.63) is 30.1 Å². The monoisotopic (exact) mass is 251 g/mol. The molecule has 5 heteroatoms. The minimum Gasteiger partial charge on any atom is -0.333 e. The van der Waals surface area contributed by atoms with Gasteiger partial charge in [0.05, 0.1) is 5.88 Å². The van der Waals surface area contributed by atoms with Crippen LogP contribution >= 0.6 is 11.8 Å². The fourth-order valence-electron chi connectivity index (χ4n) is 1.86. The number of carbonyl (C=O) groups is 1. The van der Waals surface area contributed by atoms with Crippen LogP contribution in [-0.2, 0) is 11.2 Å². The van der Waals surface area contributed by atoms with Crippen LogP contribution < -0.4 is 5.73 Å². The third-order valence-corrected chi connectivity index (χ3v) is 3.73. The number of pyridine rings is 1. The second-order valence-electron chi connectivity index (χ2n) is 4.22. The lowest BCUT2D eigenvalue weighted by Gasteiger charge is -2.17. The van der Waals surface area contributed by atoms with E-state index in [1.807, 2.05) is 17.0 Å². The Labute approximate surface area is 106 Å². The van der Waals surface area contributed by atoms with Gasteiger partial charge in [0.1, 0.15) is 0 Å². The van der Waals surface area contributed by atoms with Crippen molar-refractivity contribution in [2.24, 2.45) is 5.73 Å². The lowest BCUT2D eigenvalue weighted by Crippen LogP contribution is -2.35. The van der Waals surface area contributed by atoms with Crippen LogP contribution in [-0.4, -0.2) is 40.0 Å². The van der Waals surface area contributed by atoms with Gasteiger partial charge in [-0.25, -0.2) is 0 Å². The molecule has 1 atom stereocenters. The van der Waals surface area contributed by atoms with Crippen LogP contribution in [0.3, 0.4) is 0 Å². The van der Waals surface area contributed by atoms with Gasteiger partial charge in [0, 0.05) is 37.2 Å². The average molecular weight is 251 g/mol. The van der Waals surface area contributed by atoms with Gasteiger partial charge in [-0.2, -0.15) is 0 Å². The molecule has 92 valence electrons. The average Bonchev–Trinajstić information content (AvgIpc) is 2.83. The molecule has 0 spiro atoms. The van der Waals surface area contributed by atoms with Crippen molar-refractivity contribution in [3.63, 3.8) is 0 Å². The van der Waals surface area contributed by atoms with E-state index < -0.39 is 0 Å². The van der Waals surface area contributed by atoms with Crippen molar-refractivity contribution in [2.45, 2.75) is 18.9 Å². The number of amides is 1. The molecule has 0 saturated carbocycles. The summed E-state index contributed by atoms with van der Waals surface area (Å²) in [5, 5.41) is 0. The fourth-order valence-corrected chi connectivity index (χ4v) is 2.83. The Morgan fingerprint density at radius 2 is 2.53 bits per heavy atom. The normalized spacial score (nSPS) is 17.1. The van der Waals surface area contributed by atoms with Crippen LogP contribution in [0.4, 0.5) is 0 Å². The Balaban J connectivity index is 1.80. The Kier molecular flexibility index (Phi) is 4.39. The molecule has 0 unspecified atom stereocenters. The summed E-state index contributed by atoms with van der Waals surface area (Å²) < 4.78 is 0. The third-order valence-electron chi connectivity index (χ3n) is 2.76. The molecular weight excluding hydrogens is 234 g/mol. The highest BCUT2D eigenvalue weighted by Crippen LogP contribution is 2.15. The van der Waals surface area contributed by atoms with E-state index in [0.717, 1.165) is 23.7 Å². The van der Waals surface area contributed by atoms with Crippen molar-refractivity contribution in [3.8, 4) is 0 Å². The van der Waals surface area contributed by atoms with Gasteiger partial charge in [0.15, 0.2) is 0 Å². The predicted molar refractivity (Wildman–Crippen MR) is 69.6 cm³/mol. The van der Waals surface area contributed by atoms with E-state index in [2.05, 4.69) is 4.98 Å². The number of nitrogens with zero attached hydrogens (tertiary/aromatic N) is 2. The van der Waals surface area contributed by atoms with E-state index in [1.165, 1.54) is 0 Å². The van der Waals surface area contributed by atoms with Gasteiger partial charge < -0.3 is 10.6 Å². The molecule has 1 amide bonds. The number of carbonyl (C=O) groups excluding carboxylic acids is 1. The number of aromatic nitrogens is 1. The molecule has 1 aromatic rings. The molecule has 0 bridgehead atoms. The largest absolute Gasteiger partial charge is 0.333 e. The standard InChI is InChI=1S/C12H17N3OS/c13-11(6-10-2-1-3-14-8-10)7-12(16)15-4-5-17-9-15/h1-3,8,11H,4-7,9,13H2/t11-/m1/s1. The van der Waals surface area contributed by atoms with Crippen molar-refractivity contribution < 1.29 is 4.79 Å². The first-order chi connectivity index (χ1) is 8.25. The smallest absolute Gasteiger partial charge is 0.224 e. The number of hydrogen-bond acceptors (Lipinski definition) is 4. The first kappa shape index (κ1) is 12.4.